The van der Waals surface area contributed by atoms with Crippen molar-refractivity contribution in [2.45, 2.75) is 13.8 Å². The minimum Gasteiger partial charge on any atom is -0.478 e. The van der Waals surface area contributed by atoms with Gasteiger partial charge in [-0.05, 0) is 31.5 Å². The zero-order valence-electron chi connectivity index (χ0n) is 12.5. The number of aromatic carboxylic acids is 1. The lowest BCUT2D eigenvalue weighted by molar-refractivity contribution is -0.384. The number of anilines is 1. The Labute approximate surface area is 131 Å². The summed E-state index contributed by atoms with van der Waals surface area (Å²) in [5.74, 6) is -1.83. The molecule has 0 bridgehead atoms. The molecule has 0 radical (unpaired) electrons. The fourth-order valence-corrected chi connectivity index (χ4v) is 2.19. The van der Waals surface area contributed by atoms with E-state index in [4.69, 9.17) is 0 Å². The van der Waals surface area contributed by atoms with Crippen molar-refractivity contribution in [2.24, 2.45) is 0 Å². The summed E-state index contributed by atoms with van der Waals surface area (Å²) in [6.07, 6.45) is 0. The maximum atomic E-state index is 12.3. The van der Waals surface area contributed by atoms with E-state index in [9.17, 15) is 24.8 Å². The first kappa shape index (κ1) is 16.2. The highest BCUT2D eigenvalue weighted by Gasteiger charge is 2.18. The molecule has 0 heterocycles. The fraction of sp³-hybridized carbons (Fsp3) is 0.125. The van der Waals surface area contributed by atoms with E-state index < -0.39 is 16.8 Å². The van der Waals surface area contributed by atoms with Gasteiger partial charge in [0, 0.05) is 17.7 Å². The van der Waals surface area contributed by atoms with Gasteiger partial charge in [0.25, 0.3) is 11.6 Å². The number of amides is 1. The molecule has 2 aromatic rings. The molecule has 0 fully saturated rings. The van der Waals surface area contributed by atoms with Gasteiger partial charge in [0.15, 0.2) is 0 Å². The highest BCUT2D eigenvalue weighted by Crippen LogP contribution is 2.23. The van der Waals surface area contributed by atoms with Gasteiger partial charge < -0.3 is 10.4 Å². The molecule has 0 spiro atoms. The van der Waals surface area contributed by atoms with Gasteiger partial charge in [-0.15, -0.1) is 0 Å². The van der Waals surface area contributed by atoms with E-state index in [0.29, 0.717) is 5.56 Å². The third-order valence-electron chi connectivity index (χ3n) is 3.32. The number of aryl methyl sites for hydroxylation is 2. The number of rotatable bonds is 4. The molecule has 118 valence electrons. The van der Waals surface area contributed by atoms with Gasteiger partial charge in [-0.25, -0.2) is 4.79 Å². The van der Waals surface area contributed by atoms with Crippen molar-refractivity contribution in [3.63, 3.8) is 0 Å². The Bertz CT molecular complexity index is 814. The monoisotopic (exact) mass is 314 g/mol. The van der Waals surface area contributed by atoms with E-state index >= 15 is 0 Å². The van der Waals surface area contributed by atoms with Crippen LogP contribution < -0.4 is 5.32 Å². The number of carbonyl (C=O) groups excluding carboxylic acids is 1. The van der Waals surface area contributed by atoms with Crippen LogP contribution in [0.3, 0.4) is 0 Å². The topological polar surface area (TPSA) is 110 Å². The number of hydrogen-bond acceptors (Lipinski definition) is 4. The van der Waals surface area contributed by atoms with Crippen LogP contribution in [0.1, 0.15) is 31.8 Å². The van der Waals surface area contributed by atoms with Gasteiger partial charge >= 0.3 is 5.97 Å². The molecule has 0 aliphatic rings. The number of benzene rings is 2. The first-order valence-corrected chi connectivity index (χ1v) is 6.70. The minimum absolute atomic E-state index is 0.00748. The first-order valence-electron chi connectivity index (χ1n) is 6.70. The standard InChI is InChI=1S/C16H14N2O5/c1-9-3-5-12(10(2)7-9)15(19)17-14-6-4-11(18(22)23)8-13(14)16(20)21/h3-8H,1-2H3,(H,17,19)(H,20,21). The third kappa shape index (κ3) is 3.52. The molecule has 0 unspecified atom stereocenters. The molecule has 7 nitrogen and oxygen atoms in total. The summed E-state index contributed by atoms with van der Waals surface area (Å²) in [6.45, 7) is 3.67. The summed E-state index contributed by atoms with van der Waals surface area (Å²) in [7, 11) is 0. The van der Waals surface area contributed by atoms with Gasteiger partial charge in [0.05, 0.1) is 16.2 Å². The third-order valence-corrected chi connectivity index (χ3v) is 3.32. The van der Waals surface area contributed by atoms with Crippen LogP contribution in [0.15, 0.2) is 36.4 Å². The number of carboxylic acids is 1. The van der Waals surface area contributed by atoms with Crippen LogP contribution >= 0.6 is 0 Å². The van der Waals surface area contributed by atoms with Crippen molar-refractivity contribution in [3.05, 3.63) is 68.8 Å². The van der Waals surface area contributed by atoms with E-state index in [1.807, 2.05) is 13.0 Å². The second-order valence-corrected chi connectivity index (χ2v) is 5.06. The molecule has 2 aromatic carbocycles. The summed E-state index contributed by atoms with van der Waals surface area (Å²) < 4.78 is 0. The predicted octanol–water partition coefficient (Wildman–Crippen LogP) is 3.16. The molecule has 2 N–H and O–H groups in total. The largest absolute Gasteiger partial charge is 0.478 e. The summed E-state index contributed by atoms with van der Waals surface area (Å²) >= 11 is 0. The summed E-state index contributed by atoms with van der Waals surface area (Å²) in [5.41, 5.74) is 1.48. The second-order valence-electron chi connectivity index (χ2n) is 5.06. The number of carboxylic acid groups (broad SMARTS) is 1. The van der Waals surface area contributed by atoms with Gasteiger partial charge in [-0.1, -0.05) is 17.7 Å². The lowest BCUT2D eigenvalue weighted by Crippen LogP contribution is -2.16. The molecular weight excluding hydrogens is 300 g/mol. The molecule has 0 aliphatic carbocycles. The molecule has 0 saturated carbocycles. The van der Waals surface area contributed by atoms with Crippen molar-refractivity contribution >= 4 is 23.3 Å². The molecular formula is C16H14N2O5. The van der Waals surface area contributed by atoms with Crippen LogP contribution in [0, 0.1) is 24.0 Å². The van der Waals surface area contributed by atoms with Crippen molar-refractivity contribution in [2.75, 3.05) is 5.32 Å². The minimum atomic E-state index is -1.36. The SMILES string of the molecule is Cc1ccc(C(=O)Nc2ccc([N+](=O)[O-])cc2C(=O)O)c(C)c1. The average Bonchev–Trinajstić information content (AvgIpc) is 2.46. The zero-order valence-corrected chi connectivity index (χ0v) is 12.5. The Morgan fingerprint density at radius 3 is 2.35 bits per heavy atom. The number of nitro benzene ring substituents is 1. The molecule has 1 amide bonds. The van der Waals surface area contributed by atoms with Crippen molar-refractivity contribution < 1.29 is 19.6 Å². The van der Waals surface area contributed by atoms with E-state index in [1.54, 1.807) is 19.1 Å². The van der Waals surface area contributed by atoms with E-state index in [2.05, 4.69) is 5.32 Å². The Kier molecular flexibility index (Phi) is 4.40. The number of nitro groups is 1. The molecule has 7 heteroatoms. The van der Waals surface area contributed by atoms with Gasteiger partial charge in [-0.2, -0.15) is 0 Å². The van der Waals surface area contributed by atoms with E-state index in [1.165, 1.54) is 6.07 Å². The Hall–Kier alpha value is -3.22. The summed E-state index contributed by atoms with van der Waals surface area (Å²) in [4.78, 5) is 33.6. The number of hydrogen-bond donors (Lipinski definition) is 2. The van der Waals surface area contributed by atoms with Crippen molar-refractivity contribution in [1.82, 2.24) is 0 Å². The van der Waals surface area contributed by atoms with E-state index in [0.717, 1.165) is 23.3 Å². The molecule has 0 aromatic heterocycles. The Balaban J connectivity index is 2.37. The Morgan fingerprint density at radius 2 is 1.78 bits per heavy atom. The zero-order chi connectivity index (χ0) is 17.1. The van der Waals surface area contributed by atoms with Gasteiger partial charge in [0.2, 0.25) is 0 Å². The van der Waals surface area contributed by atoms with Gasteiger partial charge in [-0.3, -0.25) is 14.9 Å². The summed E-state index contributed by atoms with van der Waals surface area (Å²) in [6, 6.07) is 8.53. The smallest absolute Gasteiger partial charge is 0.338 e. The van der Waals surface area contributed by atoms with E-state index in [-0.39, 0.29) is 16.9 Å². The maximum absolute atomic E-state index is 12.3. The van der Waals surface area contributed by atoms with Crippen LogP contribution in [-0.4, -0.2) is 21.9 Å². The number of carbonyl (C=O) groups is 2. The molecule has 0 aliphatic heterocycles. The quantitative estimate of drug-likeness (QED) is 0.665. The van der Waals surface area contributed by atoms with Crippen LogP contribution in [0.5, 0.6) is 0 Å². The first-order chi connectivity index (χ1) is 10.8. The predicted molar refractivity (Wildman–Crippen MR) is 83.9 cm³/mol. The molecule has 0 atom stereocenters. The van der Waals surface area contributed by atoms with Crippen molar-refractivity contribution in [3.8, 4) is 0 Å². The average molecular weight is 314 g/mol. The lowest BCUT2D eigenvalue weighted by Gasteiger charge is -2.10. The molecule has 23 heavy (non-hydrogen) atoms. The number of nitrogens with zero attached hydrogens (tertiary/aromatic N) is 1. The van der Waals surface area contributed by atoms with Crippen LogP contribution in [0.25, 0.3) is 0 Å². The van der Waals surface area contributed by atoms with Gasteiger partial charge in [0.1, 0.15) is 0 Å². The molecule has 0 saturated heterocycles. The van der Waals surface area contributed by atoms with Crippen LogP contribution in [0.4, 0.5) is 11.4 Å². The second kappa shape index (κ2) is 6.27. The summed E-state index contributed by atoms with van der Waals surface area (Å²) in [5, 5.41) is 22.4. The van der Waals surface area contributed by atoms with Crippen LogP contribution in [0.2, 0.25) is 0 Å². The maximum Gasteiger partial charge on any atom is 0.338 e. The molecule has 2 rings (SSSR count). The Morgan fingerprint density at radius 1 is 1.09 bits per heavy atom. The highest BCUT2D eigenvalue weighted by atomic mass is 16.6. The number of non-ortho nitro benzene ring substituents is 1. The normalized spacial score (nSPS) is 10.2. The van der Waals surface area contributed by atoms with Crippen molar-refractivity contribution in [1.29, 1.82) is 0 Å². The number of nitrogens with one attached hydrogen (secondary N) is 1. The van der Waals surface area contributed by atoms with Crippen LogP contribution in [-0.2, 0) is 0 Å². The lowest BCUT2D eigenvalue weighted by atomic mass is 10.0. The highest BCUT2D eigenvalue weighted by molar-refractivity contribution is 6.08. The fourth-order valence-electron chi connectivity index (χ4n) is 2.19.